The first-order valence-electron chi connectivity index (χ1n) is 25.5. The molecule has 1 atom stereocenters. The van der Waals surface area contributed by atoms with E-state index in [9.17, 15) is 14.4 Å². The Morgan fingerprint density at radius 2 is 0.615 bits per heavy atom. The number of allylic oxidation sites excluding steroid dienone is 24. The van der Waals surface area contributed by atoms with Gasteiger partial charge in [0.1, 0.15) is 13.2 Å². The number of carbonyl (C=O) groups is 3. The summed E-state index contributed by atoms with van der Waals surface area (Å²) in [6.07, 6.45) is 74.1. The van der Waals surface area contributed by atoms with Gasteiger partial charge in [-0.15, -0.1) is 0 Å². The molecule has 6 nitrogen and oxygen atoms in total. The van der Waals surface area contributed by atoms with Gasteiger partial charge in [-0.05, 0) is 77.0 Å². The van der Waals surface area contributed by atoms with Crippen LogP contribution >= 0.6 is 0 Å². The minimum absolute atomic E-state index is 0.126. The van der Waals surface area contributed by atoms with E-state index in [1.165, 1.54) is 77.0 Å². The van der Waals surface area contributed by atoms with Gasteiger partial charge in [-0.3, -0.25) is 14.4 Å². The van der Waals surface area contributed by atoms with Gasteiger partial charge < -0.3 is 14.2 Å². The van der Waals surface area contributed by atoms with E-state index in [-0.39, 0.29) is 44.0 Å². The number of rotatable bonds is 43. The van der Waals surface area contributed by atoms with E-state index in [2.05, 4.69) is 63.3 Å². The SMILES string of the molecule is CC\C=C/C=C\C=C/C=C\C=C/CCCCCC(=O)OC(COC(=O)CCC\C=C/C=C\C=C/C=C\C=C/CC)COC(=O)CCCCCCCCCCCC/C=C\C=C/CCCCC. The lowest BCUT2D eigenvalue weighted by molar-refractivity contribution is -0.167. The van der Waals surface area contributed by atoms with Crippen LogP contribution in [0.15, 0.2) is 146 Å². The lowest BCUT2D eigenvalue weighted by atomic mass is 10.1. The number of carbonyl (C=O) groups excluding carboxylic acids is 3. The van der Waals surface area contributed by atoms with E-state index < -0.39 is 6.10 Å². The Labute approximate surface area is 397 Å². The van der Waals surface area contributed by atoms with Crippen molar-refractivity contribution in [3.05, 3.63) is 146 Å². The largest absolute Gasteiger partial charge is 0.462 e. The quantitative estimate of drug-likeness (QED) is 0.0263. The first-order valence-corrected chi connectivity index (χ1v) is 25.5. The van der Waals surface area contributed by atoms with Gasteiger partial charge in [0, 0.05) is 19.3 Å². The Morgan fingerprint density at radius 1 is 0.323 bits per heavy atom. The van der Waals surface area contributed by atoms with E-state index in [0.717, 1.165) is 57.8 Å². The minimum atomic E-state index is -0.836. The highest BCUT2D eigenvalue weighted by molar-refractivity contribution is 5.71. The third-order valence-corrected chi connectivity index (χ3v) is 10.1. The summed E-state index contributed by atoms with van der Waals surface area (Å²) in [5, 5.41) is 0. The molecule has 0 rings (SSSR count). The molecule has 0 aliphatic rings. The molecule has 0 aliphatic carbocycles. The summed E-state index contributed by atoms with van der Waals surface area (Å²) in [6.45, 7) is 6.19. The van der Waals surface area contributed by atoms with Crippen molar-refractivity contribution in [1.82, 2.24) is 0 Å². The molecule has 0 spiro atoms. The molecule has 0 radical (unpaired) electrons. The topological polar surface area (TPSA) is 78.9 Å². The molecule has 0 fully saturated rings. The molecule has 6 heteroatoms. The van der Waals surface area contributed by atoms with Gasteiger partial charge in [-0.2, -0.15) is 0 Å². The van der Waals surface area contributed by atoms with Gasteiger partial charge >= 0.3 is 17.9 Å². The molecule has 0 saturated heterocycles. The fourth-order valence-corrected chi connectivity index (χ4v) is 6.31. The number of unbranched alkanes of at least 4 members (excludes halogenated alkanes) is 17. The Morgan fingerprint density at radius 3 is 1.03 bits per heavy atom. The molecule has 0 N–H and O–H groups in total. The van der Waals surface area contributed by atoms with Gasteiger partial charge in [-0.25, -0.2) is 0 Å². The van der Waals surface area contributed by atoms with Gasteiger partial charge in [0.2, 0.25) is 0 Å². The van der Waals surface area contributed by atoms with Crippen molar-refractivity contribution >= 4 is 17.9 Å². The Kier molecular flexibility index (Phi) is 48.2. The Hall–Kier alpha value is -4.71. The molecule has 0 amide bonds. The highest BCUT2D eigenvalue weighted by atomic mass is 16.6. The van der Waals surface area contributed by atoms with Crippen LogP contribution in [0.5, 0.6) is 0 Å². The molecule has 1 unspecified atom stereocenters. The fourth-order valence-electron chi connectivity index (χ4n) is 6.31. The minimum Gasteiger partial charge on any atom is -0.462 e. The van der Waals surface area contributed by atoms with E-state index in [1.807, 2.05) is 103 Å². The standard InChI is InChI=1S/C59H90O6/c1-4-7-10-13-16-19-22-25-27-28-29-30-32-34-37-40-43-46-49-52-58(61)64-55-56(54-63-57(60)51-48-45-42-39-36-33-24-21-18-15-12-9-6-3)65-59(62)53-50-47-44-41-38-35-31-26-23-20-17-14-11-8-5-2/h8-9,11-12,14-26,31,33,35-36,38-39,42,56H,4-7,10,13,27-30,32,34,37,40-41,43-55H2,1-3H3/b11-8-,12-9-,17-14-,18-15-,19-16-,23-20-,24-21-,25-22-,31-26-,36-33-,38-35-,42-39-. The summed E-state index contributed by atoms with van der Waals surface area (Å²) in [7, 11) is 0. The molecule has 65 heavy (non-hydrogen) atoms. The average Bonchev–Trinajstić information content (AvgIpc) is 3.30. The van der Waals surface area contributed by atoms with E-state index in [4.69, 9.17) is 14.2 Å². The molecule has 0 bridgehead atoms. The maximum Gasteiger partial charge on any atom is 0.306 e. The summed E-state index contributed by atoms with van der Waals surface area (Å²) >= 11 is 0. The van der Waals surface area contributed by atoms with Crippen molar-refractivity contribution in [3.63, 3.8) is 0 Å². The van der Waals surface area contributed by atoms with E-state index in [1.54, 1.807) is 0 Å². The van der Waals surface area contributed by atoms with Crippen molar-refractivity contribution in [3.8, 4) is 0 Å². The van der Waals surface area contributed by atoms with Gasteiger partial charge in [0.05, 0.1) is 0 Å². The zero-order valence-corrected chi connectivity index (χ0v) is 41.2. The molecule has 362 valence electrons. The third kappa shape index (κ3) is 50.2. The fraction of sp³-hybridized carbons (Fsp3) is 0.542. The number of hydrogen-bond donors (Lipinski definition) is 0. The summed E-state index contributed by atoms with van der Waals surface area (Å²) < 4.78 is 16.7. The normalized spacial score (nSPS) is 13.3. The smallest absolute Gasteiger partial charge is 0.306 e. The second kappa shape index (κ2) is 51.9. The molecule has 0 saturated carbocycles. The molecule has 0 heterocycles. The van der Waals surface area contributed by atoms with Gasteiger partial charge in [-0.1, -0.05) is 237 Å². The zero-order valence-electron chi connectivity index (χ0n) is 41.2. The van der Waals surface area contributed by atoms with E-state index >= 15 is 0 Å². The van der Waals surface area contributed by atoms with Crippen LogP contribution in [0.3, 0.4) is 0 Å². The van der Waals surface area contributed by atoms with Crippen molar-refractivity contribution in [1.29, 1.82) is 0 Å². The molecule has 0 aromatic heterocycles. The van der Waals surface area contributed by atoms with Crippen molar-refractivity contribution in [2.24, 2.45) is 0 Å². The van der Waals surface area contributed by atoms with Crippen LogP contribution in [0.4, 0.5) is 0 Å². The maximum absolute atomic E-state index is 12.8. The third-order valence-electron chi connectivity index (χ3n) is 10.1. The number of hydrogen-bond acceptors (Lipinski definition) is 6. The zero-order chi connectivity index (χ0) is 47.2. The summed E-state index contributed by atoms with van der Waals surface area (Å²) in [6, 6.07) is 0. The number of ether oxygens (including phenoxy) is 3. The Balaban J connectivity index is 4.55. The van der Waals surface area contributed by atoms with Crippen LogP contribution in [0.1, 0.15) is 188 Å². The van der Waals surface area contributed by atoms with Crippen LogP contribution in [0.25, 0.3) is 0 Å². The summed E-state index contributed by atoms with van der Waals surface area (Å²) in [5.74, 6) is -1.06. The molecule has 0 aromatic carbocycles. The average molecular weight is 895 g/mol. The molecule has 0 aliphatic heterocycles. The first-order chi connectivity index (χ1) is 32.0. The first kappa shape index (κ1) is 60.3. The second-order valence-corrected chi connectivity index (χ2v) is 16.2. The maximum atomic E-state index is 12.8. The van der Waals surface area contributed by atoms with Crippen LogP contribution in [-0.4, -0.2) is 37.2 Å². The summed E-state index contributed by atoms with van der Waals surface area (Å²) in [4.78, 5) is 37.9. The van der Waals surface area contributed by atoms with Crippen molar-refractivity contribution < 1.29 is 28.6 Å². The summed E-state index contributed by atoms with van der Waals surface area (Å²) in [5.41, 5.74) is 0. The lowest BCUT2D eigenvalue weighted by Crippen LogP contribution is -2.30. The predicted molar refractivity (Wildman–Crippen MR) is 279 cm³/mol. The molecular weight excluding hydrogens is 805 g/mol. The lowest BCUT2D eigenvalue weighted by Gasteiger charge is -2.18. The molecular formula is C59H90O6. The molecule has 0 aromatic rings. The van der Waals surface area contributed by atoms with Gasteiger partial charge in [0.15, 0.2) is 6.10 Å². The van der Waals surface area contributed by atoms with Gasteiger partial charge in [0.25, 0.3) is 0 Å². The van der Waals surface area contributed by atoms with Crippen LogP contribution in [-0.2, 0) is 28.6 Å². The van der Waals surface area contributed by atoms with Crippen molar-refractivity contribution in [2.75, 3.05) is 13.2 Å². The Bertz CT molecular complexity index is 1490. The van der Waals surface area contributed by atoms with E-state index in [0.29, 0.717) is 19.3 Å². The van der Waals surface area contributed by atoms with Crippen LogP contribution < -0.4 is 0 Å². The highest BCUT2D eigenvalue weighted by Gasteiger charge is 2.19. The highest BCUT2D eigenvalue weighted by Crippen LogP contribution is 2.13. The number of esters is 3. The monoisotopic (exact) mass is 895 g/mol. The van der Waals surface area contributed by atoms with Crippen LogP contribution in [0, 0.1) is 0 Å². The predicted octanol–water partition coefficient (Wildman–Crippen LogP) is 16.9. The second-order valence-electron chi connectivity index (χ2n) is 16.2. The van der Waals surface area contributed by atoms with Crippen LogP contribution in [0.2, 0.25) is 0 Å². The van der Waals surface area contributed by atoms with Crippen molar-refractivity contribution in [2.45, 2.75) is 194 Å².